The van der Waals surface area contributed by atoms with E-state index in [4.69, 9.17) is 0 Å². The van der Waals surface area contributed by atoms with Crippen molar-refractivity contribution >= 4 is 28.7 Å². The molecule has 0 fully saturated rings. The van der Waals surface area contributed by atoms with E-state index in [9.17, 15) is 4.79 Å². The van der Waals surface area contributed by atoms with Gasteiger partial charge in [0.2, 0.25) is 0 Å². The van der Waals surface area contributed by atoms with Crippen molar-refractivity contribution in [3.63, 3.8) is 0 Å². The van der Waals surface area contributed by atoms with Crippen LogP contribution >= 0.6 is 11.8 Å². The first-order chi connectivity index (χ1) is 11.8. The lowest BCUT2D eigenvalue weighted by atomic mass is 10.0. The molecule has 1 amide bonds. The number of nitrogens with one attached hydrogen (secondary N) is 1. The third-order valence-corrected chi connectivity index (χ3v) is 5.46. The average Bonchev–Trinajstić information content (AvgIpc) is 3.04. The van der Waals surface area contributed by atoms with Gasteiger partial charge in [-0.1, -0.05) is 23.4 Å². The molecule has 4 rings (SSSR count). The van der Waals surface area contributed by atoms with Gasteiger partial charge in [-0.2, -0.15) is 0 Å². The Kier molecular flexibility index (Phi) is 3.98. The molecule has 0 bridgehead atoms. The Bertz CT molecular complexity index is 905. The number of aryl methyl sites for hydroxylation is 1. The highest BCUT2D eigenvalue weighted by atomic mass is 32.2. The largest absolute Gasteiger partial charge is 0.345 e. The number of fused-ring (bicyclic) bond motifs is 2. The van der Waals surface area contributed by atoms with Gasteiger partial charge in [-0.15, -0.1) is 16.9 Å². The number of carbonyl (C=O) groups is 1. The van der Waals surface area contributed by atoms with Crippen molar-refractivity contribution in [1.82, 2.24) is 20.3 Å². The van der Waals surface area contributed by atoms with Crippen LogP contribution in [0.2, 0.25) is 0 Å². The van der Waals surface area contributed by atoms with Crippen molar-refractivity contribution in [3.8, 4) is 0 Å². The number of hydrogen-bond acceptors (Lipinski definition) is 4. The molecule has 122 valence electrons. The highest BCUT2D eigenvalue weighted by Gasteiger charge is 2.22. The fraction of sp³-hybridized carbons (Fsp3) is 0.278. The Morgan fingerprint density at radius 1 is 1.33 bits per heavy atom. The van der Waals surface area contributed by atoms with Gasteiger partial charge in [0, 0.05) is 22.8 Å². The Morgan fingerprint density at radius 2 is 2.21 bits per heavy atom. The summed E-state index contributed by atoms with van der Waals surface area (Å²) in [6.07, 6.45) is 0.946. The van der Waals surface area contributed by atoms with Crippen molar-refractivity contribution in [1.29, 1.82) is 0 Å². The molecule has 1 aromatic heterocycles. The molecule has 1 aliphatic heterocycles. The second kappa shape index (κ2) is 6.28. The average molecular weight is 338 g/mol. The molecule has 2 aromatic carbocycles. The number of nitrogens with zero attached hydrogens (tertiary/aromatic N) is 3. The lowest BCUT2D eigenvalue weighted by molar-refractivity contribution is 0.0935. The summed E-state index contributed by atoms with van der Waals surface area (Å²) in [6, 6.07) is 13.9. The molecular formula is C18H18N4OS. The standard InChI is InChI=1S/C18H18N4OS/c1-2-22-16-8-7-12(11-15(16)20-21-22)18(23)19-14-9-10-24-17-6-4-3-5-13(14)17/h3-8,11,14H,2,9-10H2,1H3,(H,19,23)/t14-/m1/s1. The molecule has 3 aromatic rings. The fourth-order valence-corrected chi connectivity index (χ4v) is 4.21. The fourth-order valence-electron chi connectivity index (χ4n) is 3.08. The molecule has 0 spiro atoms. The Morgan fingerprint density at radius 3 is 3.08 bits per heavy atom. The molecule has 5 nitrogen and oxygen atoms in total. The van der Waals surface area contributed by atoms with Gasteiger partial charge >= 0.3 is 0 Å². The maximum absolute atomic E-state index is 12.7. The lowest BCUT2D eigenvalue weighted by Crippen LogP contribution is -2.30. The summed E-state index contributed by atoms with van der Waals surface area (Å²) in [5.74, 6) is 0.959. The van der Waals surface area contributed by atoms with Gasteiger partial charge in [0.05, 0.1) is 11.6 Å². The summed E-state index contributed by atoms with van der Waals surface area (Å²) < 4.78 is 1.83. The van der Waals surface area contributed by atoms with Crippen LogP contribution in [-0.4, -0.2) is 26.7 Å². The van der Waals surface area contributed by atoms with E-state index in [1.54, 1.807) is 0 Å². The van der Waals surface area contributed by atoms with Crippen molar-refractivity contribution in [2.75, 3.05) is 5.75 Å². The topological polar surface area (TPSA) is 59.8 Å². The summed E-state index contributed by atoms with van der Waals surface area (Å²) in [7, 11) is 0. The quantitative estimate of drug-likeness (QED) is 0.795. The summed E-state index contributed by atoms with van der Waals surface area (Å²) in [5, 5.41) is 11.4. The summed E-state index contributed by atoms with van der Waals surface area (Å²) in [4.78, 5) is 13.9. The number of hydrogen-bond donors (Lipinski definition) is 1. The van der Waals surface area contributed by atoms with Gasteiger partial charge in [-0.25, -0.2) is 4.68 Å². The highest BCUT2D eigenvalue weighted by molar-refractivity contribution is 7.99. The van der Waals surface area contributed by atoms with Crippen molar-refractivity contribution < 1.29 is 4.79 Å². The predicted molar refractivity (Wildman–Crippen MR) is 95.2 cm³/mol. The van der Waals surface area contributed by atoms with Gasteiger partial charge in [-0.3, -0.25) is 4.79 Å². The van der Waals surface area contributed by atoms with Crippen LogP contribution in [0.15, 0.2) is 47.4 Å². The highest BCUT2D eigenvalue weighted by Crippen LogP contribution is 2.35. The Labute approximate surface area is 144 Å². The molecule has 6 heteroatoms. The van der Waals surface area contributed by atoms with E-state index in [0.29, 0.717) is 5.56 Å². The molecule has 0 radical (unpaired) electrons. The number of aromatic nitrogens is 3. The number of rotatable bonds is 3. The lowest BCUT2D eigenvalue weighted by Gasteiger charge is -2.25. The van der Waals surface area contributed by atoms with Gasteiger partial charge in [0.1, 0.15) is 5.52 Å². The minimum Gasteiger partial charge on any atom is -0.345 e. The van der Waals surface area contributed by atoms with Crippen LogP contribution in [0.25, 0.3) is 11.0 Å². The van der Waals surface area contributed by atoms with Crippen molar-refractivity contribution in [3.05, 3.63) is 53.6 Å². The maximum Gasteiger partial charge on any atom is 0.251 e. The summed E-state index contributed by atoms with van der Waals surface area (Å²) >= 11 is 1.85. The van der Waals surface area contributed by atoms with Crippen LogP contribution in [0.3, 0.4) is 0 Å². The van der Waals surface area contributed by atoms with Crippen LogP contribution in [0, 0.1) is 0 Å². The minimum atomic E-state index is -0.0605. The zero-order chi connectivity index (χ0) is 16.5. The first-order valence-electron chi connectivity index (χ1n) is 8.12. The SMILES string of the molecule is CCn1nnc2cc(C(=O)N[C@@H]3CCSc4ccccc43)ccc21. The van der Waals surface area contributed by atoms with Gasteiger partial charge in [-0.05, 0) is 43.2 Å². The van der Waals surface area contributed by atoms with E-state index >= 15 is 0 Å². The molecule has 24 heavy (non-hydrogen) atoms. The number of benzene rings is 2. The third-order valence-electron chi connectivity index (χ3n) is 4.34. The van der Waals surface area contributed by atoms with Crippen LogP contribution in [0.1, 0.15) is 35.3 Å². The number of carbonyl (C=O) groups excluding carboxylic acids is 1. The molecule has 0 saturated carbocycles. The van der Waals surface area contributed by atoms with Crippen molar-refractivity contribution in [2.45, 2.75) is 30.8 Å². The molecule has 0 aliphatic carbocycles. The smallest absolute Gasteiger partial charge is 0.251 e. The second-order valence-corrected chi connectivity index (χ2v) is 6.95. The van der Waals surface area contributed by atoms with E-state index < -0.39 is 0 Å². The number of amides is 1. The van der Waals surface area contributed by atoms with E-state index in [1.165, 1.54) is 10.5 Å². The van der Waals surface area contributed by atoms with Gasteiger partial charge < -0.3 is 5.32 Å². The molecule has 1 aliphatic rings. The number of thioether (sulfide) groups is 1. The Hall–Kier alpha value is -2.34. The first kappa shape index (κ1) is 15.2. The zero-order valence-corrected chi connectivity index (χ0v) is 14.2. The third kappa shape index (κ3) is 2.67. The van der Waals surface area contributed by atoms with Crippen LogP contribution < -0.4 is 5.32 Å². The van der Waals surface area contributed by atoms with E-state index in [2.05, 4.69) is 27.8 Å². The van der Waals surface area contributed by atoms with E-state index in [1.807, 2.05) is 53.7 Å². The van der Waals surface area contributed by atoms with Gasteiger partial charge in [0.15, 0.2) is 0 Å². The zero-order valence-electron chi connectivity index (χ0n) is 13.4. The normalized spacial score (nSPS) is 16.8. The predicted octanol–water partition coefficient (Wildman–Crippen LogP) is 3.42. The first-order valence-corrected chi connectivity index (χ1v) is 9.10. The van der Waals surface area contributed by atoms with E-state index in [-0.39, 0.29) is 11.9 Å². The molecular weight excluding hydrogens is 320 g/mol. The van der Waals surface area contributed by atoms with Gasteiger partial charge in [0.25, 0.3) is 5.91 Å². The van der Waals surface area contributed by atoms with Crippen molar-refractivity contribution in [2.24, 2.45) is 0 Å². The van der Waals surface area contributed by atoms with Crippen LogP contribution in [0.4, 0.5) is 0 Å². The molecule has 1 N–H and O–H groups in total. The molecule has 2 heterocycles. The Balaban J connectivity index is 1.59. The second-order valence-electron chi connectivity index (χ2n) is 5.81. The minimum absolute atomic E-state index is 0.0605. The summed E-state index contributed by atoms with van der Waals surface area (Å²) in [5.41, 5.74) is 3.54. The molecule has 0 saturated heterocycles. The van der Waals surface area contributed by atoms with Crippen LogP contribution in [-0.2, 0) is 6.54 Å². The molecule has 1 atom stereocenters. The maximum atomic E-state index is 12.7. The molecule has 0 unspecified atom stereocenters. The van der Waals surface area contributed by atoms with E-state index in [0.717, 1.165) is 29.8 Å². The summed E-state index contributed by atoms with van der Waals surface area (Å²) in [6.45, 7) is 2.78. The monoisotopic (exact) mass is 338 g/mol. The van der Waals surface area contributed by atoms with Crippen LogP contribution in [0.5, 0.6) is 0 Å².